The van der Waals surface area contributed by atoms with E-state index < -0.39 is 21.8 Å². The highest BCUT2D eigenvalue weighted by molar-refractivity contribution is 7.90. The van der Waals surface area contributed by atoms with Gasteiger partial charge < -0.3 is 10.2 Å². The van der Waals surface area contributed by atoms with Crippen LogP contribution < -0.4 is 5.32 Å². The van der Waals surface area contributed by atoms with Crippen molar-refractivity contribution in [3.05, 3.63) is 65.7 Å². The Morgan fingerprint density at radius 1 is 1.04 bits per heavy atom. The molecule has 2 aromatic rings. The molecule has 1 aliphatic rings. The Bertz CT molecular complexity index is 951. The van der Waals surface area contributed by atoms with E-state index in [0.717, 1.165) is 24.7 Å². The molecule has 1 aliphatic heterocycles. The summed E-state index contributed by atoms with van der Waals surface area (Å²) in [5.74, 6) is -0.562. The van der Waals surface area contributed by atoms with Crippen molar-refractivity contribution in [2.24, 2.45) is 0 Å². The van der Waals surface area contributed by atoms with E-state index in [9.17, 15) is 18.0 Å². The van der Waals surface area contributed by atoms with E-state index in [-0.39, 0.29) is 16.4 Å². The molecule has 1 fully saturated rings. The maximum Gasteiger partial charge on any atom is 0.251 e. The van der Waals surface area contributed by atoms with Crippen molar-refractivity contribution in [2.75, 3.05) is 19.3 Å². The van der Waals surface area contributed by atoms with Gasteiger partial charge in [-0.25, -0.2) is 8.42 Å². The van der Waals surface area contributed by atoms with E-state index in [4.69, 9.17) is 0 Å². The van der Waals surface area contributed by atoms with Crippen molar-refractivity contribution in [3.63, 3.8) is 0 Å². The van der Waals surface area contributed by atoms with Gasteiger partial charge in [-0.3, -0.25) is 9.59 Å². The predicted molar refractivity (Wildman–Crippen MR) is 107 cm³/mol. The zero-order valence-corrected chi connectivity index (χ0v) is 16.6. The van der Waals surface area contributed by atoms with E-state index in [1.165, 1.54) is 18.2 Å². The van der Waals surface area contributed by atoms with E-state index in [1.54, 1.807) is 11.0 Å². The summed E-state index contributed by atoms with van der Waals surface area (Å²) in [6.07, 6.45) is 3.41. The van der Waals surface area contributed by atoms with Crippen LogP contribution in [0.4, 0.5) is 0 Å². The third kappa shape index (κ3) is 4.98. The number of rotatable bonds is 6. The highest BCUT2D eigenvalue weighted by Crippen LogP contribution is 2.15. The molecule has 0 aliphatic carbocycles. The van der Waals surface area contributed by atoms with E-state index in [2.05, 4.69) is 5.32 Å². The van der Waals surface area contributed by atoms with Crippen LogP contribution in [0.15, 0.2) is 59.5 Å². The first-order valence-corrected chi connectivity index (χ1v) is 11.2. The molecular formula is C21H24N2O4S. The minimum Gasteiger partial charge on any atom is -0.341 e. The third-order valence-corrected chi connectivity index (χ3v) is 5.94. The number of benzene rings is 2. The van der Waals surface area contributed by atoms with Gasteiger partial charge in [-0.2, -0.15) is 0 Å². The molecule has 2 aromatic carbocycles. The Kier molecular flexibility index (Phi) is 6.14. The number of carbonyl (C=O) groups is 2. The van der Waals surface area contributed by atoms with Crippen molar-refractivity contribution in [1.82, 2.24) is 10.2 Å². The molecule has 1 heterocycles. The standard InChI is InChI=1S/C21H24N2O4S/c1-28(26,27)18-11-7-10-17(15-18)20(24)22-19(14-16-8-3-2-4-9-16)21(25)23-12-5-6-13-23/h2-4,7-11,15,19H,5-6,12-14H2,1H3,(H,22,24). The molecule has 1 unspecified atom stereocenters. The Morgan fingerprint density at radius 2 is 1.71 bits per heavy atom. The lowest BCUT2D eigenvalue weighted by Gasteiger charge is -2.24. The summed E-state index contributed by atoms with van der Waals surface area (Å²) in [5, 5.41) is 2.81. The highest BCUT2D eigenvalue weighted by Gasteiger charge is 2.28. The molecule has 1 saturated heterocycles. The van der Waals surface area contributed by atoms with Gasteiger partial charge in [-0.1, -0.05) is 36.4 Å². The number of likely N-dealkylation sites (tertiary alicyclic amines) is 1. The van der Waals surface area contributed by atoms with Crippen molar-refractivity contribution < 1.29 is 18.0 Å². The van der Waals surface area contributed by atoms with Crippen LogP contribution in [0.25, 0.3) is 0 Å². The highest BCUT2D eigenvalue weighted by atomic mass is 32.2. The predicted octanol–water partition coefficient (Wildman–Crippen LogP) is 2.05. The lowest BCUT2D eigenvalue weighted by atomic mass is 10.0. The van der Waals surface area contributed by atoms with Gasteiger partial charge in [0.15, 0.2) is 9.84 Å². The zero-order chi connectivity index (χ0) is 20.1. The molecule has 0 saturated carbocycles. The van der Waals surface area contributed by atoms with Crippen molar-refractivity contribution in [3.8, 4) is 0 Å². The Hall–Kier alpha value is -2.67. The number of nitrogens with one attached hydrogen (secondary N) is 1. The lowest BCUT2D eigenvalue weighted by Crippen LogP contribution is -2.49. The summed E-state index contributed by atoms with van der Waals surface area (Å²) in [7, 11) is -3.42. The average Bonchev–Trinajstić information content (AvgIpc) is 3.22. The van der Waals surface area contributed by atoms with E-state index >= 15 is 0 Å². The second-order valence-corrected chi connectivity index (χ2v) is 9.06. The molecule has 1 atom stereocenters. The Labute approximate surface area is 165 Å². The molecule has 0 bridgehead atoms. The Morgan fingerprint density at radius 3 is 2.36 bits per heavy atom. The maximum absolute atomic E-state index is 13.0. The molecule has 28 heavy (non-hydrogen) atoms. The van der Waals surface area contributed by atoms with Crippen molar-refractivity contribution >= 4 is 21.7 Å². The molecule has 3 rings (SSSR count). The van der Waals surface area contributed by atoms with Crippen LogP contribution in [-0.4, -0.2) is 50.5 Å². The van der Waals surface area contributed by atoms with Crippen LogP contribution in [0, 0.1) is 0 Å². The number of carbonyl (C=O) groups excluding carboxylic acids is 2. The largest absolute Gasteiger partial charge is 0.341 e. The molecule has 1 N–H and O–H groups in total. The summed E-state index contributed by atoms with van der Waals surface area (Å²) in [4.78, 5) is 27.6. The summed E-state index contributed by atoms with van der Waals surface area (Å²) in [6, 6.07) is 14.7. The smallest absolute Gasteiger partial charge is 0.251 e. The van der Waals surface area contributed by atoms with Crippen molar-refractivity contribution in [1.29, 1.82) is 0 Å². The monoisotopic (exact) mass is 400 g/mol. The molecule has 2 amide bonds. The van der Waals surface area contributed by atoms with Gasteiger partial charge in [0.25, 0.3) is 5.91 Å². The van der Waals surface area contributed by atoms with Gasteiger partial charge in [-0.05, 0) is 36.6 Å². The van der Waals surface area contributed by atoms with Crippen LogP contribution in [0.1, 0.15) is 28.8 Å². The first-order valence-electron chi connectivity index (χ1n) is 9.28. The van der Waals surface area contributed by atoms with E-state index in [0.29, 0.717) is 19.5 Å². The fourth-order valence-electron chi connectivity index (χ4n) is 3.32. The summed E-state index contributed by atoms with van der Waals surface area (Å²) < 4.78 is 23.5. The van der Waals surface area contributed by atoms with Gasteiger partial charge in [0.05, 0.1) is 4.90 Å². The molecule has 0 radical (unpaired) electrons. The number of amides is 2. The lowest BCUT2D eigenvalue weighted by molar-refractivity contribution is -0.132. The topological polar surface area (TPSA) is 83.5 Å². The number of hydrogen-bond donors (Lipinski definition) is 1. The zero-order valence-electron chi connectivity index (χ0n) is 15.8. The SMILES string of the molecule is CS(=O)(=O)c1cccc(C(=O)NC(Cc2ccccc2)C(=O)N2CCCC2)c1. The number of hydrogen-bond acceptors (Lipinski definition) is 4. The van der Waals surface area contributed by atoms with Crippen LogP contribution in [0.3, 0.4) is 0 Å². The van der Waals surface area contributed by atoms with Crippen molar-refractivity contribution in [2.45, 2.75) is 30.2 Å². The van der Waals surface area contributed by atoms with Crippen LogP contribution in [0.2, 0.25) is 0 Å². The first kappa shape index (κ1) is 20.1. The quantitative estimate of drug-likeness (QED) is 0.804. The molecule has 0 spiro atoms. The third-order valence-electron chi connectivity index (χ3n) is 4.83. The van der Waals surface area contributed by atoms with Crippen LogP contribution in [0.5, 0.6) is 0 Å². The van der Waals surface area contributed by atoms with Gasteiger partial charge in [0.2, 0.25) is 5.91 Å². The maximum atomic E-state index is 13.0. The first-order chi connectivity index (χ1) is 13.3. The normalized spacial score (nSPS) is 15.2. The summed E-state index contributed by atoms with van der Waals surface area (Å²) in [5.41, 5.74) is 1.17. The Balaban J connectivity index is 1.82. The molecule has 7 heteroatoms. The number of sulfone groups is 1. The number of nitrogens with zero attached hydrogens (tertiary/aromatic N) is 1. The fraction of sp³-hybridized carbons (Fsp3) is 0.333. The van der Waals surface area contributed by atoms with Crippen LogP contribution in [-0.2, 0) is 21.1 Å². The molecular weight excluding hydrogens is 376 g/mol. The molecule has 0 aromatic heterocycles. The fourth-order valence-corrected chi connectivity index (χ4v) is 3.98. The molecule has 148 valence electrons. The van der Waals surface area contributed by atoms with Gasteiger partial charge in [-0.15, -0.1) is 0 Å². The van der Waals surface area contributed by atoms with E-state index in [1.807, 2.05) is 30.3 Å². The minimum atomic E-state index is -3.42. The minimum absolute atomic E-state index is 0.0747. The van der Waals surface area contributed by atoms with Gasteiger partial charge in [0.1, 0.15) is 6.04 Å². The van der Waals surface area contributed by atoms with Crippen LogP contribution >= 0.6 is 0 Å². The molecule has 6 nitrogen and oxygen atoms in total. The van der Waals surface area contributed by atoms with Gasteiger partial charge in [0, 0.05) is 31.3 Å². The average molecular weight is 401 g/mol. The summed E-state index contributed by atoms with van der Waals surface area (Å²) in [6.45, 7) is 1.40. The second kappa shape index (κ2) is 8.56. The second-order valence-electron chi connectivity index (χ2n) is 7.05. The van der Waals surface area contributed by atoms with Gasteiger partial charge >= 0.3 is 0 Å². The summed E-state index contributed by atoms with van der Waals surface area (Å²) >= 11 is 0.